The summed E-state index contributed by atoms with van der Waals surface area (Å²) in [6.07, 6.45) is -0.234. The van der Waals surface area contributed by atoms with Gasteiger partial charge in [0.05, 0.1) is 12.6 Å². The summed E-state index contributed by atoms with van der Waals surface area (Å²) < 4.78 is 22.8. The predicted molar refractivity (Wildman–Crippen MR) is 108 cm³/mol. The Kier molecular flexibility index (Phi) is 5.64. The Labute approximate surface area is 170 Å². The Morgan fingerprint density at radius 3 is 2.52 bits per heavy atom. The number of ether oxygens (including phenoxy) is 4. The van der Waals surface area contributed by atoms with Gasteiger partial charge >= 0.3 is 6.03 Å². The number of nitrogens with one attached hydrogen (secondary N) is 2. The zero-order valence-corrected chi connectivity index (χ0v) is 16.6. The normalized spacial score (nSPS) is 18.1. The van der Waals surface area contributed by atoms with Gasteiger partial charge in [0.25, 0.3) is 0 Å². The van der Waals surface area contributed by atoms with Gasteiger partial charge in [-0.15, -0.1) is 0 Å². The SMILES string of the molecule is CC(C)[C@@H](NC(=O)NC[C@H]1COc2ccccc2O1)c1ccc2c(c1)OCCO2. The number of urea groups is 1. The highest BCUT2D eigenvalue weighted by Gasteiger charge is 2.24. The number of para-hydroxylation sites is 2. The standard InChI is InChI=1S/C22H26N2O5/c1-14(2)21(15-7-8-18-20(11-15)27-10-9-26-18)24-22(25)23-12-16-13-28-17-5-3-4-6-19(17)29-16/h3-8,11,14,16,21H,9-10,12-13H2,1-2H3,(H2,23,24,25)/t16-,21+/m0/s1. The Balaban J connectivity index is 1.35. The summed E-state index contributed by atoms with van der Waals surface area (Å²) in [4.78, 5) is 12.5. The van der Waals surface area contributed by atoms with Gasteiger partial charge in [0, 0.05) is 0 Å². The van der Waals surface area contributed by atoms with E-state index in [1.807, 2.05) is 42.5 Å². The highest BCUT2D eigenvalue weighted by Crippen LogP contribution is 2.34. The number of fused-ring (bicyclic) bond motifs is 2. The Morgan fingerprint density at radius 1 is 1.00 bits per heavy atom. The summed E-state index contributed by atoms with van der Waals surface area (Å²) in [7, 11) is 0. The number of hydrogen-bond donors (Lipinski definition) is 2. The van der Waals surface area contributed by atoms with Crippen LogP contribution in [0.3, 0.4) is 0 Å². The van der Waals surface area contributed by atoms with Gasteiger partial charge in [-0.05, 0) is 35.7 Å². The van der Waals surface area contributed by atoms with Crippen LogP contribution < -0.4 is 29.6 Å². The lowest BCUT2D eigenvalue weighted by molar-refractivity contribution is 0.0916. The molecule has 0 aromatic heterocycles. The fourth-order valence-corrected chi connectivity index (χ4v) is 3.45. The topological polar surface area (TPSA) is 78.1 Å². The lowest BCUT2D eigenvalue weighted by Gasteiger charge is -2.28. The molecule has 0 spiro atoms. The summed E-state index contributed by atoms with van der Waals surface area (Å²) in [6.45, 7) is 5.97. The highest BCUT2D eigenvalue weighted by atomic mass is 16.6. The third-order valence-corrected chi connectivity index (χ3v) is 4.94. The average molecular weight is 398 g/mol. The maximum atomic E-state index is 12.5. The summed E-state index contributed by atoms with van der Waals surface area (Å²) in [5.74, 6) is 3.08. The molecule has 2 N–H and O–H groups in total. The summed E-state index contributed by atoms with van der Waals surface area (Å²) >= 11 is 0. The molecule has 2 aliphatic rings. The molecule has 2 aromatic carbocycles. The number of carbonyl (C=O) groups is 1. The first-order valence-corrected chi connectivity index (χ1v) is 9.92. The van der Waals surface area contributed by atoms with Crippen molar-refractivity contribution in [3.05, 3.63) is 48.0 Å². The van der Waals surface area contributed by atoms with Crippen LogP contribution >= 0.6 is 0 Å². The van der Waals surface area contributed by atoms with Crippen molar-refractivity contribution in [2.75, 3.05) is 26.4 Å². The number of hydrogen-bond acceptors (Lipinski definition) is 5. The quantitative estimate of drug-likeness (QED) is 0.808. The summed E-state index contributed by atoms with van der Waals surface area (Å²) in [6, 6.07) is 12.9. The molecule has 0 unspecified atom stereocenters. The molecular weight excluding hydrogens is 372 g/mol. The highest BCUT2D eigenvalue weighted by molar-refractivity contribution is 5.74. The maximum absolute atomic E-state index is 12.5. The van der Waals surface area contributed by atoms with E-state index in [-0.39, 0.29) is 24.1 Å². The van der Waals surface area contributed by atoms with Crippen molar-refractivity contribution in [3.63, 3.8) is 0 Å². The summed E-state index contributed by atoms with van der Waals surface area (Å²) in [5.41, 5.74) is 0.977. The number of amides is 2. The first kappa shape index (κ1) is 19.2. The zero-order valence-electron chi connectivity index (χ0n) is 16.6. The molecule has 2 aliphatic heterocycles. The van der Waals surface area contributed by atoms with Crippen LogP contribution in [0.1, 0.15) is 25.5 Å². The van der Waals surface area contributed by atoms with E-state index < -0.39 is 0 Å². The van der Waals surface area contributed by atoms with Gasteiger partial charge in [0.1, 0.15) is 19.8 Å². The van der Waals surface area contributed by atoms with Crippen LogP contribution in [0.4, 0.5) is 4.79 Å². The molecule has 2 amide bonds. The van der Waals surface area contributed by atoms with Crippen molar-refractivity contribution in [2.24, 2.45) is 5.92 Å². The van der Waals surface area contributed by atoms with E-state index in [9.17, 15) is 4.79 Å². The van der Waals surface area contributed by atoms with Gasteiger partial charge in [-0.1, -0.05) is 32.0 Å². The van der Waals surface area contributed by atoms with Gasteiger partial charge in [-0.25, -0.2) is 4.79 Å². The molecule has 7 heteroatoms. The van der Waals surface area contributed by atoms with Crippen LogP contribution in [0.5, 0.6) is 23.0 Å². The first-order valence-electron chi connectivity index (χ1n) is 9.92. The Bertz CT molecular complexity index is 870. The smallest absolute Gasteiger partial charge is 0.315 e. The number of carbonyl (C=O) groups excluding carboxylic acids is 1. The second-order valence-electron chi connectivity index (χ2n) is 7.48. The summed E-state index contributed by atoms with van der Waals surface area (Å²) in [5, 5.41) is 5.95. The van der Waals surface area contributed by atoms with E-state index in [0.717, 1.165) is 17.1 Å². The molecular formula is C22H26N2O5. The van der Waals surface area contributed by atoms with Crippen molar-refractivity contribution in [2.45, 2.75) is 26.0 Å². The van der Waals surface area contributed by atoms with E-state index in [2.05, 4.69) is 24.5 Å². The zero-order chi connectivity index (χ0) is 20.2. The molecule has 0 saturated carbocycles. The van der Waals surface area contributed by atoms with E-state index in [1.54, 1.807) is 0 Å². The molecule has 0 aliphatic carbocycles. The molecule has 29 heavy (non-hydrogen) atoms. The minimum Gasteiger partial charge on any atom is -0.486 e. The van der Waals surface area contributed by atoms with Crippen molar-refractivity contribution < 1.29 is 23.7 Å². The van der Waals surface area contributed by atoms with Gasteiger partial charge in [0.15, 0.2) is 29.1 Å². The van der Waals surface area contributed by atoms with Crippen LogP contribution in [0, 0.1) is 5.92 Å². The van der Waals surface area contributed by atoms with Crippen LogP contribution in [-0.4, -0.2) is 38.5 Å². The van der Waals surface area contributed by atoms with Gasteiger partial charge in [0.2, 0.25) is 0 Å². The molecule has 154 valence electrons. The second-order valence-corrected chi connectivity index (χ2v) is 7.48. The van der Waals surface area contributed by atoms with Crippen molar-refractivity contribution in [1.29, 1.82) is 0 Å². The fourth-order valence-electron chi connectivity index (χ4n) is 3.45. The van der Waals surface area contributed by atoms with Crippen LogP contribution in [0.15, 0.2) is 42.5 Å². The molecule has 0 fully saturated rings. The number of rotatable bonds is 5. The van der Waals surface area contributed by atoms with E-state index in [0.29, 0.717) is 37.9 Å². The van der Waals surface area contributed by atoms with Crippen molar-refractivity contribution >= 4 is 6.03 Å². The van der Waals surface area contributed by atoms with Gasteiger partial charge < -0.3 is 29.6 Å². The van der Waals surface area contributed by atoms with Crippen LogP contribution in [0.2, 0.25) is 0 Å². The first-order chi connectivity index (χ1) is 14.1. The van der Waals surface area contributed by atoms with Gasteiger partial charge in [-0.3, -0.25) is 0 Å². The van der Waals surface area contributed by atoms with Crippen molar-refractivity contribution in [3.8, 4) is 23.0 Å². The van der Waals surface area contributed by atoms with Crippen LogP contribution in [-0.2, 0) is 0 Å². The molecule has 2 heterocycles. The Hall–Kier alpha value is -3.09. The fraction of sp³-hybridized carbons (Fsp3) is 0.409. The van der Waals surface area contributed by atoms with E-state index >= 15 is 0 Å². The number of benzene rings is 2. The molecule has 4 rings (SSSR count). The van der Waals surface area contributed by atoms with Crippen LogP contribution in [0.25, 0.3) is 0 Å². The lowest BCUT2D eigenvalue weighted by Crippen LogP contribution is -2.46. The molecule has 2 atom stereocenters. The molecule has 0 saturated heterocycles. The average Bonchev–Trinajstić information content (AvgIpc) is 2.75. The minimum absolute atomic E-state index is 0.157. The van der Waals surface area contributed by atoms with E-state index in [1.165, 1.54) is 0 Å². The van der Waals surface area contributed by atoms with Gasteiger partial charge in [-0.2, -0.15) is 0 Å². The van der Waals surface area contributed by atoms with E-state index in [4.69, 9.17) is 18.9 Å². The molecule has 2 aromatic rings. The lowest BCUT2D eigenvalue weighted by atomic mass is 9.95. The monoisotopic (exact) mass is 398 g/mol. The maximum Gasteiger partial charge on any atom is 0.315 e. The minimum atomic E-state index is -0.249. The predicted octanol–water partition coefficient (Wildman–Crippen LogP) is 3.29. The molecule has 0 bridgehead atoms. The molecule has 0 radical (unpaired) electrons. The third-order valence-electron chi connectivity index (χ3n) is 4.94. The largest absolute Gasteiger partial charge is 0.486 e. The molecule has 7 nitrogen and oxygen atoms in total. The van der Waals surface area contributed by atoms with Crippen molar-refractivity contribution in [1.82, 2.24) is 10.6 Å². The Morgan fingerprint density at radius 2 is 1.72 bits per heavy atom. The third kappa shape index (κ3) is 4.50. The second kappa shape index (κ2) is 8.51.